The third kappa shape index (κ3) is 6.24. The molecule has 0 radical (unpaired) electrons. The van der Waals surface area contributed by atoms with Crippen LogP contribution in [-0.2, 0) is 10.8 Å². The van der Waals surface area contributed by atoms with Crippen LogP contribution in [0.1, 0.15) is 44.5 Å². The van der Waals surface area contributed by atoms with E-state index in [2.05, 4.69) is 290 Å². The molecule has 0 saturated carbocycles. The van der Waals surface area contributed by atoms with Crippen LogP contribution in [-0.4, -0.2) is 0 Å². The first-order valence-electron chi connectivity index (χ1n) is 24.0. The Kier molecular flexibility index (Phi) is 9.70. The average Bonchev–Trinajstić information content (AvgIpc) is 3.92. The van der Waals surface area contributed by atoms with Gasteiger partial charge in [-0.2, -0.15) is 0 Å². The Bertz CT molecular complexity index is 3550. The molecule has 0 aliphatic heterocycles. The summed E-state index contributed by atoms with van der Waals surface area (Å²) in [6.07, 6.45) is 0. The molecular formula is C68H47N. The molecule has 13 rings (SSSR count). The second-order valence-corrected chi connectivity index (χ2v) is 18.3. The Balaban J connectivity index is 1.04. The third-order valence-corrected chi connectivity index (χ3v) is 14.8. The van der Waals surface area contributed by atoms with Crippen molar-refractivity contribution in [1.82, 2.24) is 0 Å². The van der Waals surface area contributed by atoms with Gasteiger partial charge in [-0.25, -0.2) is 0 Å². The lowest BCUT2D eigenvalue weighted by molar-refractivity contribution is 0.766. The fourth-order valence-electron chi connectivity index (χ4n) is 12.0. The van der Waals surface area contributed by atoms with Gasteiger partial charge in [0.1, 0.15) is 0 Å². The predicted molar refractivity (Wildman–Crippen MR) is 287 cm³/mol. The number of hydrogen-bond acceptors (Lipinski definition) is 1. The molecule has 0 amide bonds. The van der Waals surface area contributed by atoms with Crippen molar-refractivity contribution >= 4 is 17.1 Å². The van der Waals surface area contributed by atoms with E-state index < -0.39 is 10.8 Å². The van der Waals surface area contributed by atoms with E-state index in [0.717, 1.165) is 17.1 Å². The van der Waals surface area contributed by atoms with Crippen molar-refractivity contribution < 1.29 is 0 Å². The lowest BCUT2D eigenvalue weighted by Crippen LogP contribution is -2.30. The van der Waals surface area contributed by atoms with Crippen molar-refractivity contribution in [3.63, 3.8) is 0 Å². The predicted octanol–water partition coefficient (Wildman–Crippen LogP) is 17.2. The Morgan fingerprint density at radius 3 is 1.10 bits per heavy atom. The van der Waals surface area contributed by atoms with E-state index in [1.807, 2.05) is 0 Å². The Morgan fingerprint density at radius 1 is 0.232 bits per heavy atom. The van der Waals surface area contributed by atoms with Crippen molar-refractivity contribution in [2.75, 3.05) is 4.90 Å². The van der Waals surface area contributed by atoms with Crippen LogP contribution in [0.15, 0.2) is 285 Å². The number of rotatable bonds is 9. The van der Waals surface area contributed by atoms with Crippen molar-refractivity contribution in [3.05, 3.63) is 330 Å². The third-order valence-electron chi connectivity index (χ3n) is 14.8. The van der Waals surface area contributed by atoms with Gasteiger partial charge in [0.2, 0.25) is 0 Å². The van der Waals surface area contributed by atoms with Crippen LogP contribution >= 0.6 is 0 Å². The molecule has 0 heterocycles. The molecule has 1 heteroatoms. The maximum atomic E-state index is 2.50. The van der Waals surface area contributed by atoms with Crippen molar-refractivity contribution in [2.45, 2.75) is 10.8 Å². The van der Waals surface area contributed by atoms with Gasteiger partial charge in [-0.3, -0.25) is 0 Å². The van der Waals surface area contributed by atoms with Gasteiger partial charge in [0, 0.05) is 16.9 Å². The van der Waals surface area contributed by atoms with Crippen LogP contribution in [0, 0.1) is 0 Å². The van der Waals surface area contributed by atoms with Crippen molar-refractivity contribution in [3.8, 4) is 44.5 Å². The minimum Gasteiger partial charge on any atom is -0.310 e. The molecule has 0 spiro atoms. The van der Waals surface area contributed by atoms with Gasteiger partial charge in [0.15, 0.2) is 0 Å². The van der Waals surface area contributed by atoms with Gasteiger partial charge in [-0.05, 0) is 120 Å². The van der Waals surface area contributed by atoms with Crippen LogP contribution < -0.4 is 4.90 Å². The van der Waals surface area contributed by atoms with Gasteiger partial charge in [0.05, 0.1) is 16.5 Å². The molecule has 11 aromatic rings. The Hall–Kier alpha value is -8.78. The average molecular weight is 878 g/mol. The lowest BCUT2D eigenvalue weighted by Gasteiger charge is -2.38. The second kappa shape index (κ2) is 16.5. The van der Waals surface area contributed by atoms with E-state index in [1.54, 1.807) is 0 Å². The van der Waals surface area contributed by atoms with Crippen LogP contribution in [0.4, 0.5) is 17.1 Å². The van der Waals surface area contributed by atoms with Crippen LogP contribution in [0.5, 0.6) is 0 Å². The highest BCUT2D eigenvalue weighted by Gasteiger charge is 2.49. The molecule has 0 atom stereocenters. The number of nitrogens with zero attached hydrogens (tertiary/aromatic N) is 1. The van der Waals surface area contributed by atoms with Gasteiger partial charge in [-0.15, -0.1) is 0 Å². The van der Waals surface area contributed by atoms with Crippen LogP contribution in [0.3, 0.4) is 0 Å². The monoisotopic (exact) mass is 877 g/mol. The van der Waals surface area contributed by atoms with E-state index in [-0.39, 0.29) is 0 Å². The van der Waals surface area contributed by atoms with Crippen molar-refractivity contribution in [1.29, 1.82) is 0 Å². The molecular weight excluding hydrogens is 831 g/mol. The summed E-state index contributed by atoms with van der Waals surface area (Å²) in [6.45, 7) is 0. The molecule has 0 fully saturated rings. The quantitative estimate of drug-likeness (QED) is 0.140. The zero-order valence-electron chi connectivity index (χ0n) is 38.1. The van der Waals surface area contributed by atoms with Crippen LogP contribution in [0.25, 0.3) is 44.5 Å². The SMILES string of the molecule is c1ccc(-c2cccc(-c3ccc(N(c4ccc(C5(c6ccccc6)c6ccccc6-c6ccccc65)cc4)c4cccc5c4C(c4ccccc4)(c4ccccc4)c4ccccc4-5)cc3)c2)cc1. The highest BCUT2D eigenvalue weighted by atomic mass is 15.1. The Labute approximate surface area is 404 Å². The normalized spacial score (nSPS) is 13.4. The summed E-state index contributed by atoms with van der Waals surface area (Å²) in [7, 11) is 0. The molecule has 0 bridgehead atoms. The van der Waals surface area contributed by atoms with Gasteiger partial charge < -0.3 is 4.90 Å². The van der Waals surface area contributed by atoms with Crippen LogP contribution in [0.2, 0.25) is 0 Å². The first-order chi connectivity index (χ1) is 34.2. The van der Waals surface area contributed by atoms with Crippen molar-refractivity contribution in [2.24, 2.45) is 0 Å². The molecule has 2 aliphatic rings. The molecule has 69 heavy (non-hydrogen) atoms. The second-order valence-electron chi connectivity index (χ2n) is 18.3. The molecule has 0 unspecified atom stereocenters. The molecule has 0 saturated heterocycles. The fraction of sp³-hybridized carbons (Fsp3) is 0.0294. The summed E-state index contributed by atoms with van der Waals surface area (Å²) in [4.78, 5) is 2.50. The zero-order valence-corrected chi connectivity index (χ0v) is 38.1. The number of fused-ring (bicyclic) bond motifs is 6. The molecule has 11 aromatic carbocycles. The maximum absolute atomic E-state index is 2.50. The fourth-order valence-corrected chi connectivity index (χ4v) is 12.0. The van der Waals surface area contributed by atoms with Gasteiger partial charge >= 0.3 is 0 Å². The smallest absolute Gasteiger partial charge is 0.0734 e. The summed E-state index contributed by atoms with van der Waals surface area (Å²) in [6, 6.07) is 105. The molecule has 0 N–H and O–H groups in total. The summed E-state index contributed by atoms with van der Waals surface area (Å²) in [5.74, 6) is 0. The number of hydrogen-bond donors (Lipinski definition) is 0. The number of benzene rings is 11. The van der Waals surface area contributed by atoms with Gasteiger partial charge in [-0.1, -0.05) is 249 Å². The molecule has 1 nitrogen and oxygen atoms in total. The highest BCUT2D eigenvalue weighted by Crippen LogP contribution is 2.61. The lowest BCUT2D eigenvalue weighted by atomic mass is 9.67. The zero-order chi connectivity index (χ0) is 45.8. The van der Waals surface area contributed by atoms with E-state index in [4.69, 9.17) is 0 Å². The summed E-state index contributed by atoms with van der Waals surface area (Å²) in [5.41, 5.74) is 22.2. The highest BCUT2D eigenvalue weighted by molar-refractivity contribution is 5.95. The maximum Gasteiger partial charge on any atom is 0.0734 e. The van der Waals surface area contributed by atoms with E-state index in [0.29, 0.717) is 0 Å². The van der Waals surface area contributed by atoms with E-state index in [1.165, 1.54) is 89.0 Å². The molecule has 324 valence electrons. The van der Waals surface area contributed by atoms with Gasteiger partial charge in [0.25, 0.3) is 0 Å². The summed E-state index contributed by atoms with van der Waals surface area (Å²) in [5, 5.41) is 0. The van der Waals surface area contributed by atoms with E-state index in [9.17, 15) is 0 Å². The molecule has 2 aliphatic carbocycles. The summed E-state index contributed by atoms with van der Waals surface area (Å²) < 4.78 is 0. The molecule has 0 aromatic heterocycles. The topological polar surface area (TPSA) is 3.24 Å². The largest absolute Gasteiger partial charge is 0.310 e. The first kappa shape index (κ1) is 40.5. The first-order valence-corrected chi connectivity index (χ1v) is 24.0. The Morgan fingerprint density at radius 2 is 0.580 bits per heavy atom. The minimum atomic E-state index is -0.602. The summed E-state index contributed by atoms with van der Waals surface area (Å²) >= 11 is 0. The van der Waals surface area contributed by atoms with E-state index >= 15 is 0 Å². The minimum absolute atomic E-state index is 0.501. The standard InChI is InChI=1S/C68H47N/c1-5-21-48(22-6-1)50-23-19-24-51(47-50)49-39-43-56(44-40-49)69(57-45-41-55(42-46-57)67(52-25-7-2-8-26-52)62-35-16-13-31-58(62)59-32-14-17-36-63(59)67)65-38-20-34-61-60-33-15-18-37-64(60)68(66(61)65,53-27-9-3-10-28-53)54-29-11-4-12-30-54/h1-47H. The number of anilines is 3.